The van der Waals surface area contributed by atoms with E-state index in [4.69, 9.17) is 11.6 Å². The van der Waals surface area contributed by atoms with Crippen LogP contribution < -0.4 is 5.56 Å². The average molecular weight is 397 g/mol. The summed E-state index contributed by atoms with van der Waals surface area (Å²) in [6.45, 7) is -1.70. The summed E-state index contributed by atoms with van der Waals surface area (Å²) in [4.78, 5) is 32.8. The topological polar surface area (TPSA) is 71.0 Å². The van der Waals surface area contributed by atoms with Crippen LogP contribution in [0.1, 0.15) is 0 Å². The molecular formula is C17H12ClF3N4O2. The van der Waals surface area contributed by atoms with Crippen LogP contribution in [-0.2, 0) is 11.3 Å². The summed E-state index contributed by atoms with van der Waals surface area (Å²) in [7, 11) is 0. The number of H-pyrrole nitrogens is 1. The highest BCUT2D eigenvalue weighted by Gasteiger charge is 2.46. The number of nitrogens with zero attached hydrogens (tertiary/aromatic N) is 3. The molecule has 0 radical (unpaired) electrons. The van der Waals surface area contributed by atoms with Crippen molar-refractivity contribution >= 4 is 28.5 Å². The van der Waals surface area contributed by atoms with Crippen LogP contribution in [0.4, 0.5) is 13.2 Å². The van der Waals surface area contributed by atoms with Crippen molar-refractivity contribution < 1.29 is 18.0 Å². The summed E-state index contributed by atoms with van der Waals surface area (Å²) >= 11 is 5.81. The number of carbonyl (C=O) groups is 1. The Balaban J connectivity index is 1.70. The number of amides is 1. The zero-order valence-electron chi connectivity index (χ0n) is 13.7. The number of nitrogens with one attached hydrogen (secondary N) is 1. The summed E-state index contributed by atoms with van der Waals surface area (Å²) in [5, 5.41) is 0.0990. The van der Waals surface area contributed by atoms with Gasteiger partial charge in [-0.15, -0.1) is 0 Å². The standard InChI is InChI=1S/C17H12ClF3N4O2/c18-11-3-9(1-2-12(11)19)10-4-22-15-14(10)16(27)24(8-23-15)5-13(26)25-6-17(20,21)7-25/h1-4,8,22H,5-7H2. The number of fused-ring (bicyclic) bond motifs is 1. The van der Waals surface area contributed by atoms with Gasteiger partial charge in [0.2, 0.25) is 5.91 Å². The fourth-order valence-electron chi connectivity index (χ4n) is 2.99. The highest BCUT2D eigenvalue weighted by atomic mass is 35.5. The highest BCUT2D eigenvalue weighted by molar-refractivity contribution is 6.31. The number of likely N-dealkylation sites (tertiary alicyclic amines) is 1. The van der Waals surface area contributed by atoms with E-state index >= 15 is 0 Å². The van der Waals surface area contributed by atoms with Crippen LogP contribution in [0.25, 0.3) is 22.2 Å². The molecule has 3 aromatic rings. The lowest BCUT2D eigenvalue weighted by Crippen LogP contribution is -2.59. The van der Waals surface area contributed by atoms with Crippen LogP contribution in [0, 0.1) is 5.82 Å². The summed E-state index contributed by atoms with van der Waals surface area (Å²) in [5.41, 5.74) is 0.714. The minimum atomic E-state index is -2.88. The van der Waals surface area contributed by atoms with E-state index in [1.54, 1.807) is 0 Å². The van der Waals surface area contributed by atoms with Crippen molar-refractivity contribution in [2.45, 2.75) is 12.5 Å². The predicted molar refractivity (Wildman–Crippen MR) is 92.3 cm³/mol. The molecule has 4 rings (SSSR count). The Bertz CT molecular complexity index is 1120. The fourth-order valence-corrected chi connectivity index (χ4v) is 3.17. The van der Waals surface area contributed by atoms with Gasteiger partial charge in [-0.2, -0.15) is 0 Å². The van der Waals surface area contributed by atoms with Crippen molar-refractivity contribution in [2.24, 2.45) is 0 Å². The second-order valence-electron chi connectivity index (χ2n) is 6.34. The van der Waals surface area contributed by atoms with E-state index in [1.165, 1.54) is 30.7 Å². The van der Waals surface area contributed by atoms with Crippen molar-refractivity contribution in [3.05, 3.63) is 51.9 Å². The molecule has 0 unspecified atom stereocenters. The number of carbonyl (C=O) groups excluding carboxylic acids is 1. The van der Waals surface area contributed by atoms with Crippen molar-refractivity contribution in [2.75, 3.05) is 13.1 Å². The lowest BCUT2D eigenvalue weighted by Gasteiger charge is -2.38. The van der Waals surface area contributed by atoms with Gasteiger partial charge in [-0.05, 0) is 17.7 Å². The molecule has 1 saturated heterocycles. The molecule has 1 aliphatic heterocycles. The van der Waals surface area contributed by atoms with Crippen LogP contribution >= 0.6 is 11.6 Å². The van der Waals surface area contributed by atoms with Crippen molar-refractivity contribution in [3.8, 4) is 11.1 Å². The molecule has 3 heterocycles. The van der Waals surface area contributed by atoms with E-state index in [-0.39, 0.29) is 16.1 Å². The third-order valence-electron chi connectivity index (χ3n) is 4.39. The van der Waals surface area contributed by atoms with Crippen LogP contribution in [0.3, 0.4) is 0 Å². The van der Waals surface area contributed by atoms with Gasteiger partial charge in [-0.25, -0.2) is 18.2 Å². The number of aromatic nitrogens is 3. The van der Waals surface area contributed by atoms with Gasteiger partial charge in [0, 0.05) is 11.8 Å². The molecule has 1 fully saturated rings. The summed E-state index contributed by atoms with van der Waals surface area (Å²) in [6, 6.07) is 4.02. The largest absolute Gasteiger partial charge is 0.345 e. The Kier molecular flexibility index (Phi) is 3.99. The number of benzene rings is 1. The van der Waals surface area contributed by atoms with E-state index in [2.05, 4.69) is 9.97 Å². The molecule has 140 valence electrons. The second kappa shape index (κ2) is 6.12. The zero-order valence-corrected chi connectivity index (χ0v) is 14.4. The molecule has 0 aliphatic carbocycles. The Morgan fingerprint density at radius 2 is 2.07 bits per heavy atom. The first-order chi connectivity index (χ1) is 12.7. The van der Waals surface area contributed by atoms with Crippen LogP contribution in [0.2, 0.25) is 5.02 Å². The van der Waals surface area contributed by atoms with Gasteiger partial charge in [-0.3, -0.25) is 14.2 Å². The second-order valence-corrected chi connectivity index (χ2v) is 6.75. The fraction of sp³-hybridized carbons (Fsp3) is 0.235. The molecule has 1 amide bonds. The van der Waals surface area contributed by atoms with Crippen LogP contribution in [0.15, 0.2) is 35.5 Å². The number of hydrogen-bond acceptors (Lipinski definition) is 3. The van der Waals surface area contributed by atoms with Gasteiger partial charge in [-0.1, -0.05) is 17.7 Å². The monoisotopic (exact) mass is 396 g/mol. The van der Waals surface area contributed by atoms with E-state index in [0.29, 0.717) is 11.1 Å². The third kappa shape index (κ3) is 3.08. The number of aromatic amines is 1. The first-order valence-corrected chi connectivity index (χ1v) is 8.30. The number of hydrogen-bond donors (Lipinski definition) is 1. The van der Waals surface area contributed by atoms with E-state index in [1.807, 2.05) is 0 Å². The van der Waals surface area contributed by atoms with Gasteiger partial charge in [0.1, 0.15) is 24.3 Å². The average Bonchev–Trinajstić information content (AvgIpc) is 3.02. The number of alkyl halides is 2. The van der Waals surface area contributed by atoms with Crippen LogP contribution in [0.5, 0.6) is 0 Å². The van der Waals surface area contributed by atoms with Crippen molar-refractivity contribution in [3.63, 3.8) is 0 Å². The number of halogens is 4. The maximum atomic E-state index is 13.4. The van der Waals surface area contributed by atoms with Gasteiger partial charge in [0.25, 0.3) is 11.5 Å². The molecule has 10 heteroatoms. The lowest BCUT2D eigenvalue weighted by molar-refractivity contribution is -0.166. The van der Waals surface area contributed by atoms with Crippen LogP contribution in [-0.4, -0.2) is 44.4 Å². The smallest absolute Gasteiger partial charge is 0.282 e. The molecular weight excluding hydrogens is 385 g/mol. The highest BCUT2D eigenvalue weighted by Crippen LogP contribution is 2.29. The zero-order chi connectivity index (χ0) is 19.3. The Morgan fingerprint density at radius 1 is 1.33 bits per heavy atom. The molecule has 1 N–H and O–H groups in total. The SMILES string of the molecule is O=C(Cn1cnc2[nH]cc(-c3ccc(F)c(Cl)c3)c2c1=O)N1CC(F)(F)C1. The van der Waals surface area contributed by atoms with E-state index in [9.17, 15) is 22.8 Å². The summed E-state index contributed by atoms with van der Waals surface area (Å²) in [6.07, 6.45) is 2.71. The molecule has 1 aromatic carbocycles. The quantitative estimate of drug-likeness (QED) is 0.740. The molecule has 27 heavy (non-hydrogen) atoms. The molecule has 0 spiro atoms. The third-order valence-corrected chi connectivity index (χ3v) is 4.68. The predicted octanol–water partition coefficient (Wildman–Crippen LogP) is 2.66. The van der Waals surface area contributed by atoms with Gasteiger partial charge >= 0.3 is 0 Å². The number of rotatable bonds is 3. The first-order valence-electron chi connectivity index (χ1n) is 7.93. The van der Waals surface area contributed by atoms with E-state index < -0.39 is 42.8 Å². The maximum Gasteiger partial charge on any atom is 0.282 e. The minimum absolute atomic E-state index is 0.0973. The molecule has 6 nitrogen and oxygen atoms in total. The molecule has 0 atom stereocenters. The van der Waals surface area contributed by atoms with Crippen molar-refractivity contribution in [1.29, 1.82) is 0 Å². The Hall–Kier alpha value is -2.81. The normalized spacial score (nSPS) is 15.8. The van der Waals surface area contributed by atoms with Crippen molar-refractivity contribution in [1.82, 2.24) is 19.4 Å². The molecule has 2 aromatic heterocycles. The molecule has 1 aliphatic rings. The van der Waals surface area contributed by atoms with E-state index in [0.717, 1.165) is 9.47 Å². The lowest BCUT2D eigenvalue weighted by atomic mass is 10.1. The summed E-state index contributed by atoms with van der Waals surface area (Å²) < 4.78 is 40.3. The van der Waals surface area contributed by atoms with Gasteiger partial charge < -0.3 is 9.88 Å². The molecule has 0 bridgehead atoms. The minimum Gasteiger partial charge on any atom is -0.345 e. The van der Waals surface area contributed by atoms with Gasteiger partial charge in [0.15, 0.2) is 0 Å². The maximum absolute atomic E-state index is 13.4. The summed E-state index contributed by atoms with van der Waals surface area (Å²) in [5.74, 6) is -4.06. The van der Waals surface area contributed by atoms with Gasteiger partial charge in [0.05, 0.1) is 23.5 Å². The molecule has 0 saturated carbocycles. The first kappa shape index (κ1) is 17.6. The Labute approximate surface area is 155 Å². The Morgan fingerprint density at radius 3 is 2.74 bits per heavy atom.